The molecule has 0 saturated carbocycles. The van der Waals surface area contributed by atoms with Crippen LogP contribution in [0.3, 0.4) is 0 Å². The number of sulfone groups is 1. The predicted octanol–water partition coefficient (Wildman–Crippen LogP) is 5.44. The van der Waals surface area contributed by atoms with E-state index < -0.39 is 37.7 Å². The molecule has 3 amide bonds. The first-order chi connectivity index (χ1) is 16.7. The Labute approximate surface area is 210 Å². The summed E-state index contributed by atoms with van der Waals surface area (Å²) in [4.78, 5) is 31.9. The average molecular weight is 538 g/mol. The molecule has 0 aliphatic carbocycles. The van der Waals surface area contributed by atoms with Crippen LogP contribution in [-0.2, 0) is 21.2 Å². The number of amides is 3. The molecule has 1 saturated heterocycles. The normalized spacial score (nSPS) is 16.1. The van der Waals surface area contributed by atoms with Gasteiger partial charge in [-0.1, -0.05) is 23.7 Å². The average Bonchev–Trinajstić information content (AvgIpc) is 2.98. The summed E-state index contributed by atoms with van der Waals surface area (Å²) in [6, 6.07) is 13.3. The van der Waals surface area contributed by atoms with Gasteiger partial charge >= 0.3 is 11.5 Å². The van der Waals surface area contributed by atoms with Crippen molar-refractivity contribution < 1.29 is 31.2 Å². The van der Waals surface area contributed by atoms with Crippen LogP contribution in [0.25, 0.3) is 11.3 Å². The molecule has 2 aromatic carbocycles. The van der Waals surface area contributed by atoms with E-state index in [1.807, 2.05) is 6.07 Å². The molecule has 188 valence electrons. The highest BCUT2D eigenvalue weighted by Crippen LogP contribution is 2.36. The van der Waals surface area contributed by atoms with Gasteiger partial charge in [-0.3, -0.25) is 9.78 Å². The molecule has 1 aromatic heterocycles. The van der Waals surface area contributed by atoms with Crippen LogP contribution in [-0.4, -0.2) is 41.3 Å². The Morgan fingerprint density at radius 3 is 2.28 bits per heavy atom. The lowest BCUT2D eigenvalue weighted by molar-refractivity contribution is -0.123. The molecule has 7 nitrogen and oxygen atoms in total. The van der Waals surface area contributed by atoms with Crippen LogP contribution in [0.5, 0.6) is 0 Å². The molecule has 0 unspecified atom stereocenters. The van der Waals surface area contributed by atoms with Gasteiger partial charge in [-0.25, -0.2) is 18.1 Å². The Morgan fingerprint density at radius 1 is 1.00 bits per heavy atom. The van der Waals surface area contributed by atoms with Gasteiger partial charge in [-0.05, 0) is 67.9 Å². The van der Waals surface area contributed by atoms with Gasteiger partial charge in [-0.2, -0.15) is 13.2 Å². The second-order valence-electron chi connectivity index (χ2n) is 8.57. The van der Waals surface area contributed by atoms with Gasteiger partial charge in [-0.15, -0.1) is 0 Å². The zero-order valence-corrected chi connectivity index (χ0v) is 20.5. The number of anilines is 1. The maximum Gasteiger partial charge on any atom is 0.501 e. The van der Waals surface area contributed by atoms with Crippen molar-refractivity contribution in [3.05, 3.63) is 77.4 Å². The molecule has 0 atom stereocenters. The third-order valence-electron chi connectivity index (χ3n) is 5.82. The summed E-state index contributed by atoms with van der Waals surface area (Å²) in [6.45, 7) is 3.15. The standard InChI is InChI=1S/C24H19ClF3N3O4S/c1-23(2)21(32)31(18-6-8-19(9-7-18)36(34,35)24(26,27)28)22(33)30(23)14-15-10-11-29-20(12-15)16-4-3-5-17(25)13-16/h3-13H,14H2,1-2H3. The highest BCUT2D eigenvalue weighted by molar-refractivity contribution is 7.92. The summed E-state index contributed by atoms with van der Waals surface area (Å²) in [7, 11) is -5.56. The molecule has 0 radical (unpaired) electrons. The number of hydrogen-bond acceptors (Lipinski definition) is 5. The SMILES string of the molecule is CC1(C)C(=O)N(c2ccc(S(=O)(=O)C(F)(F)F)cc2)C(=O)N1Cc1ccnc(-c2cccc(Cl)c2)c1. The van der Waals surface area contributed by atoms with Crippen LogP contribution >= 0.6 is 11.6 Å². The maximum absolute atomic E-state index is 13.3. The number of benzene rings is 2. The molecule has 1 aliphatic heterocycles. The van der Waals surface area contributed by atoms with Crippen LogP contribution < -0.4 is 4.90 Å². The van der Waals surface area contributed by atoms with Crippen molar-refractivity contribution in [1.29, 1.82) is 0 Å². The Bertz CT molecular complexity index is 1460. The molecule has 12 heteroatoms. The second kappa shape index (κ2) is 8.90. The third-order valence-corrected chi connectivity index (χ3v) is 7.56. The number of carbonyl (C=O) groups is 2. The van der Waals surface area contributed by atoms with E-state index in [1.54, 1.807) is 50.4 Å². The summed E-state index contributed by atoms with van der Waals surface area (Å²) in [5, 5.41) is 0.533. The fraction of sp³-hybridized carbons (Fsp3) is 0.208. The predicted molar refractivity (Wildman–Crippen MR) is 127 cm³/mol. The number of pyridine rings is 1. The minimum atomic E-state index is -5.56. The first kappa shape index (κ1) is 25.6. The van der Waals surface area contributed by atoms with E-state index in [-0.39, 0.29) is 12.2 Å². The molecule has 1 fully saturated rings. The van der Waals surface area contributed by atoms with Gasteiger partial charge < -0.3 is 4.90 Å². The molecule has 0 N–H and O–H groups in total. The Kier molecular flexibility index (Phi) is 6.34. The van der Waals surface area contributed by atoms with Gasteiger partial charge in [0.15, 0.2) is 0 Å². The minimum Gasteiger partial charge on any atom is -0.305 e. The fourth-order valence-corrected chi connectivity index (χ4v) is 4.75. The van der Waals surface area contributed by atoms with Crippen molar-refractivity contribution in [2.24, 2.45) is 0 Å². The van der Waals surface area contributed by atoms with Gasteiger partial charge in [0, 0.05) is 23.3 Å². The van der Waals surface area contributed by atoms with Crippen molar-refractivity contribution >= 4 is 39.1 Å². The lowest BCUT2D eigenvalue weighted by Gasteiger charge is -2.27. The number of hydrogen-bond donors (Lipinski definition) is 0. The van der Waals surface area contributed by atoms with E-state index in [9.17, 15) is 31.2 Å². The van der Waals surface area contributed by atoms with Gasteiger partial charge in [0.1, 0.15) is 5.54 Å². The molecule has 4 rings (SSSR count). The summed E-state index contributed by atoms with van der Waals surface area (Å²) < 4.78 is 61.8. The summed E-state index contributed by atoms with van der Waals surface area (Å²) in [5.41, 5.74) is -4.74. The van der Waals surface area contributed by atoms with E-state index in [0.717, 1.165) is 22.6 Å². The van der Waals surface area contributed by atoms with Crippen molar-refractivity contribution in [3.63, 3.8) is 0 Å². The van der Waals surface area contributed by atoms with Gasteiger partial charge in [0.2, 0.25) is 0 Å². The topological polar surface area (TPSA) is 87.7 Å². The number of alkyl halides is 3. The van der Waals surface area contributed by atoms with Gasteiger partial charge in [0.25, 0.3) is 15.7 Å². The number of halogens is 4. The molecule has 3 aromatic rings. The molecule has 36 heavy (non-hydrogen) atoms. The number of rotatable bonds is 5. The number of urea groups is 1. The number of aromatic nitrogens is 1. The molecule has 1 aliphatic rings. The number of imide groups is 1. The lowest BCUT2D eigenvalue weighted by atomic mass is 10.0. The maximum atomic E-state index is 13.3. The largest absolute Gasteiger partial charge is 0.501 e. The van der Waals surface area contributed by atoms with E-state index in [0.29, 0.717) is 28.4 Å². The zero-order valence-electron chi connectivity index (χ0n) is 19.0. The summed E-state index contributed by atoms with van der Waals surface area (Å²) in [6.07, 6.45) is 1.57. The summed E-state index contributed by atoms with van der Waals surface area (Å²) in [5.74, 6) is -0.608. The Morgan fingerprint density at radius 2 is 1.67 bits per heavy atom. The smallest absolute Gasteiger partial charge is 0.305 e. The van der Waals surface area contributed by atoms with Crippen LogP contribution in [0.15, 0.2) is 71.8 Å². The molecule has 0 bridgehead atoms. The van der Waals surface area contributed by atoms with E-state index in [4.69, 9.17) is 11.6 Å². The van der Waals surface area contributed by atoms with E-state index in [2.05, 4.69) is 4.98 Å². The van der Waals surface area contributed by atoms with Crippen molar-refractivity contribution in [3.8, 4) is 11.3 Å². The highest BCUT2D eigenvalue weighted by Gasteiger charge is 2.52. The zero-order chi connectivity index (χ0) is 26.5. The lowest BCUT2D eigenvalue weighted by Crippen LogP contribution is -2.43. The fourth-order valence-electron chi connectivity index (χ4n) is 3.80. The first-order valence-corrected chi connectivity index (χ1v) is 12.4. The number of carbonyl (C=O) groups excluding carboxylic acids is 2. The van der Waals surface area contributed by atoms with E-state index in [1.165, 1.54) is 4.90 Å². The van der Waals surface area contributed by atoms with Crippen LogP contribution in [0.4, 0.5) is 23.7 Å². The minimum absolute atomic E-state index is 0.0453. The molecular weight excluding hydrogens is 519 g/mol. The van der Waals surface area contributed by atoms with Crippen LogP contribution in [0, 0.1) is 0 Å². The third kappa shape index (κ3) is 4.44. The molecule has 2 heterocycles. The molecular formula is C24H19ClF3N3O4S. The van der Waals surface area contributed by atoms with Crippen LogP contribution in [0.2, 0.25) is 5.02 Å². The first-order valence-electron chi connectivity index (χ1n) is 10.5. The van der Waals surface area contributed by atoms with Crippen molar-refractivity contribution in [2.75, 3.05) is 4.90 Å². The molecule has 0 spiro atoms. The Balaban J connectivity index is 1.62. The van der Waals surface area contributed by atoms with Gasteiger partial charge in [0.05, 0.1) is 16.3 Å². The van der Waals surface area contributed by atoms with Crippen molar-refractivity contribution in [1.82, 2.24) is 9.88 Å². The monoisotopic (exact) mass is 537 g/mol. The Hall–Kier alpha value is -3.44. The quantitative estimate of drug-likeness (QED) is 0.404. The van der Waals surface area contributed by atoms with Crippen LogP contribution in [0.1, 0.15) is 19.4 Å². The highest BCUT2D eigenvalue weighted by atomic mass is 35.5. The van der Waals surface area contributed by atoms with E-state index >= 15 is 0 Å². The number of nitrogens with zero attached hydrogens (tertiary/aromatic N) is 3. The summed E-state index contributed by atoms with van der Waals surface area (Å²) >= 11 is 6.06. The van der Waals surface area contributed by atoms with Crippen molar-refractivity contribution in [2.45, 2.75) is 36.3 Å². The second-order valence-corrected chi connectivity index (χ2v) is 10.9.